The number of aryl methyl sites for hydroxylation is 3. The minimum absolute atomic E-state index is 0.120. The third kappa shape index (κ3) is 5.61. The summed E-state index contributed by atoms with van der Waals surface area (Å²) in [5.41, 5.74) is 6.46. The molecule has 158 valence electrons. The van der Waals surface area contributed by atoms with Gasteiger partial charge in [-0.2, -0.15) is 0 Å². The molecule has 3 aromatic rings. The topological polar surface area (TPSA) is 36.7 Å². The molecule has 0 aliphatic carbocycles. The lowest BCUT2D eigenvalue weighted by Crippen LogP contribution is -2.23. The van der Waals surface area contributed by atoms with Crippen molar-refractivity contribution < 1.29 is 9.21 Å². The Bertz CT molecular complexity index is 999. The van der Waals surface area contributed by atoms with E-state index < -0.39 is 0 Å². The molecule has 30 heavy (non-hydrogen) atoms. The summed E-state index contributed by atoms with van der Waals surface area (Å²) in [5, 5.41) is 0. The highest BCUT2D eigenvalue weighted by Gasteiger charge is 2.17. The molecule has 3 rings (SSSR count). The van der Waals surface area contributed by atoms with E-state index in [0.717, 1.165) is 23.3 Å². The Labute approximate surface area is 187 Å². The van der Waals surface area contributed by atoms with Crippen LogP contribution in [0.2, 0.25) is 0 Å². The largest absolute Gasteiger partial charge is 0.455 e. The molecule has 1 heterocycles. The van der Waals surface area contributed by atoms with Crippen LogP contribution < -0.4 is 0 Å². The Morgan fingerprint density at radius 3 is 2.13 bits per heavy atom. The van der Waals surface area contributed by atoms with E-state index in [1.807, 2.05) is 6.07 Å². The molecule has 4 nitrogen and oxygen atoms in total. The van der Waals surface area contributed by atoms with Crippen molar-refractivity contribution in [3.8, 4) is 0 Å². The van der Waals surface area contributed by atoms with E-state index in [0.29, 0.717) is 12.3 Å². The van der Waals surface area contributed by atoms with Crippen LogP contribution in [0.1, 0.15) is 44.1 Å². The van der Waals surface area contributed by atoms with Crippen molar-refractivity contribution in [3.63, 3.8) is 0 Å². The second-order valence-corrected chi connectivity index (χ2v) is 9.03. The third-order valence-electron chi connectivity index (χ3n) is 5.20. The Morgan fingerprint density at radius 2 is 1.53 bits per heavy atom. The van der Waals surface area contributed by atoms with Crippen LogP contribution in [0.15, 0.2) is 57.4 Å². The molecule has 1 aromatic heterocycles. The third-order valence-corrected chi connectivity index (χ3v) is 5.73. The highest BCUT2D eigenvalue weighted by Crippen LogP contribution is 2.22. The minimum atomic E-state index is -0.120. The molecule has 1 amide bonds. The van der Waals surface area contributed by atoms with Crippen molar-refractivity contribution in [2.45, 2.75) is 40.4 Å². The van der Waals surface area contributed by atoms with E-state index >= 15 is 0 Å². The number of benzene rings is 2. The Hall–Kier alpha value is -2.37. The van der Waals surface area contributed by atoms with E-state index in [-0.39, 0.29) is 5.91 Å². The van der Waals surface area contributed by atoms with Crippen LogP contribution >= 0.6 is 15.9 Å². The molecule has 2 aromatic carbocycles. The standard InChI is InChI=1S/C25H29BrN2O2/c1-17-12-18(2)23(19(3)13-17)16-28(14-20-6-8-21(26)9-7-20)15-22-10-11-24(30-22)25(29)27(4)5/h6-13H,14-16H2,1-5H3. The van der Waals surface area contributed by atoms with E-state index in [2.05, 4.69) is 78.0 Å². The smallest absolute Gasteiger partial charge is 0.289 e. The van der Waals surface area contributed by atoms with Gasteiger partial charge in [-0.05, 0) is 67.3 Å². The van der Waals surface area contributed by atoms with Crippen LogP contribution in [0.4, 0.5) is 0 Å². The number of nitrogens with zero attached hydrogens (tertiary/aromatic N) is 2. The Kier molecular flexibility index (Phi) is 7.16. The van der Waals surface area contributed by atoms with Crippen molar-refractivity contribution in [1.29, 1.82) is 0 Å². The van der Waals surface area contributed by atoms with Gasteiger partial charge in [-0.25, -0.2) is 0 Å². The minimum Gasteiger partial charge on any atom is -0.455 e. The molecule has 0 saturated heterocycles. The lowest BCUT2D eigenvalue weighted by molar-refractivity contribution is 0.0792. The fourth-order valence-corrected chi connectivity index (χ4v) is 3.98. The zero-order valence-electron chi connectivity index (χ0n) is 18.3. The zero-order valence-corrected chi connectivity index (χ0v) is 19.9. The molecule has 0 unspecified atom stereocenters. The van der Waals surface area contributed by atoms with Crippen LogP contribution in [0, 0.1) is 20.8 Å². The summed E-state index contributed by atoms with van der Waals surface area (Å²) in [7, 11) is 3.46. The van der Waals surface area contributed by atoms with Gasteiger partial charge in [-0.3, -0.25) is 9.69 Å². The van der Waals surface area contributed by atoms with Gasteiger partial charge >= 0.3 is 0 Å². The van der Waals surface area contributed by atoms with Crippen LogP contribution in [-0.2, 0) is 19.6 Å². The van der Waals surface area contributed by atoms with Crippen LogP contribution in [0.5, 0.6) is 0 Å². The fourth-order valence-electron chi connectivity index (χ4n) is 3.72. The predicted molar refractivity (Wildman–Crippen MR) is 124 cm³/mol. The SMILES string of the molecule is Cc1cc(C)c(CN(Cc2ccc(Br)cc2)Cc2ccc(C(=O)N(C)C)o2)c(C)c1. The van der Waals surface area contributed by atoms with Gasteiger partial charge in [-0.1, -0.05) is 45.8 Å². The van der Waals surface area contributed by atoms with Gasteiger partial charge in [0.2, 0.25) is 0 Å². The molecule has 0 saturated carbocycles. The number of hydrogen-bond acceptors (Lipinski definition) is 3. The van der Waals surface area contributed by atoms with Gasteiger partial charge in [0.25, 0.3) is 5.91 Å². The summed E-state index contributed by atoms with van der Waals surface area (Å²) in [6.45, 7) is 8.71. The van der Waals surface area contributed by atoms with Gasteiger partial charge in [0, 0.05) is 31.7 Å². The van der Waals surface area contributed by atoms with E-state index in [4.69, 9.17) is 4.42 Å². The summed E-state index contributed by atoms with van der Waals surface area (Å²) < 4.78 is 6.94. The van der Waals surface area contributed by atoms with Crippen molar-refractivity contribution in [1.82, 2.24) is 9.80 Å². The maximum absolute atomic E-state index is 12.2. The normalized spacial score (nSPS) is 11.2. The van der Waals surface area contributed by atoms with Crippen molar-refractivity contribution >= 4 is 21.8 Å². The molecule has 0 aliphatic rings. The second-order valence-electron chi connectivity index (χ2n) is 8.11. The molecular weight excluding hydrogens is 440 g/mol. The van der Waals surface area contributed by atoms with Gasteiger partial charge in [0.05, 0.1) is 6.54 Å². The van der Waals surface area contributed by atoms with Gasteiger partial charge in [0.1, 0.15) is 5.76 Å². The number of furan rings is 1. The average Bonchev–Trinajstić information content (AvgIpc) is 3.14. The van der Waals surface area contributed by atoms with E-state index in [1.54, 1.807) is 20.2 Å². The average molecular weight is 469 g/mol. The Morgan fingerprint density at radius 1 is 0.900 bits per heavy atom. The summed E-state index contributed by atoms with van der Waals surface area (Å²) in [5.74, 6) is 1.05. The highest BCUT2D eigenvalue weighted by molar-refractivity contribution is 9.10. The highest BCUT2D eigenvalue weighted by atomic mass is 79.9. The van der Waals surface area contributed by atoms with Crippen molar-refractivity contribution in [3.05, 3.63) is 92.3 Å². The maximum atomic E-state index is 12.2. The van der Waals surface area contributed by atoms with Crippen LogP contribution in [-0.4, -0.2) is 29.8 Å². The summed E-state index contributed by atoms with van der Waals surface area (Å²) >= 11 is 3.51. The van der Waals surface area contributed by atoms with Crippen LogP contribution in [0.3, 0.4) is 0 Å². The lowest BCUT2D eigenvalue weighted by Gasteiger charge is -2.24. The first-order chi connectivity index (χ1) is 14.2. The molecule has 0 N–H and O–H groups in total. The molecule has 0 spiro atoms. The first kappa shape index (κ1) is 22.3. The fraction of sp³-hybridized carbons (Fsp3) is 0.320. The number of rotatable bonds is 7. The zero-order chi connectivity index (χ0) is 21.8. The van der Waals surface area contributed by atoms with Crippen LogP contribution in [0.25, 0.3) is 0 Å². The number of hydrogen-bond donors (Lipinski definition) is 0. The molecule has 0 aliphatic heterocycles. The van der Waals surface area contributed by atoms with Crippen molar-refractivity contribution in [2.75, 3.05) is 14.1 Å². The lowest BCUT2D eigenvalue weighted by atomic mass is 9.99. The van der Waals surface area contributed by atoms with Gasteiger partial charge < -0.3 is 9.32 Å². The molecule has 0 fully saturated rings. The van der Waals surface area contributed by atoms with Gasteiger partial charge in [-0.15, -0.1) is 0 Å². The number of carbonyl (C=O) groups is 1. The number of amides is 1. The predicted octanol–water partition coefficient (Wildman–Crippen LogP) is 5.87. The molecule has 0 atom stereocenters. The first-order valence-corrected chi connectivity index (χ1v) is 10.9. The summed E-state index contributed by atoms with van der Waals surface area (Å²) in [4.78, 5) is 16.1. The summed E-state index contributed by atoms with van der Waals surface area (Å²) in [6, 6.07) is 16.5. The second kappa shape index (κ2) is 9.63. The quantitative estimate of drug-likeness (QED) is 0.434. The van der Waals surface area contributed by atoms with Crippen molar-refractivity contribution in [2.24, 2.45) is 0 Å². The van der Waals surface area contributed by atoms with E-state index in [1.165, 1.54) is 32.7 Å². The number of carbonyl (C=O) groups excluding carboxylic acids is 1. The maximum Gasteiger partial charge on any atom is 0.289 e. The molecular formula is C25H29BrN2O2. The first-order valence-electron chi connectivity index (χ1n) is 10.1. The van der Waals surface area contributed by atoms with E-state index in [9.17, 15) is 4.79 Å². The molecule has 0 radical (unpaired) electrons. The molecule has 0 bridgehead atoms. The Balaban J connectivity index is 1.86. The molecule has 5 heteroatoms. The summed E-state index contributed by atoms with van der Waals surface area (Å²) in [6.07, 6.45) is 0. The van der Waals surface area contributed by atoms with Gasteiger partial charge in [0.15, 0.2) is 5.76 Å². The monoisotopic (exact) mass is 468 g/mol. The number of halogens is 1.